The van der Waals surface area contributed by atoms with E-state index in [2.05, 4.69) is 5.32 Å². The quantitative estimate of drug-likeness (QED) is 0.781. The Bertz CT molecular complexity index is 291. The molecule has 0 heterocycles. The van der Waals surface area contributed by atoms with E-state index in [-0.39, 0.29) is 11.8 Å². The fourth-order valence-electron chi connectivity index (χ4n) is 0.697. The highest BCUT2D eigenvalue weighted by atomic mass is 32.2. The van der Waals surface area contributed by atoms with E-state index in [0.717, 1.165) is 12.3 Å². The number of thioether (sulfide) groups is 1. The highest BCUT2D eigenvalue weighted by molar-refractivity contribution is 8.02. The predicted molar refractivity (Wildman–Crippen MR) is 52.9 cm³/mol. The number of hydrogen-bond donors (Lipinski definition) is 2. The van der Waals surface area contributed by atoms with Crippen molar-refractivity contribution in [3.05, 3.63) is 11.5 Å². The minimum absolute atomic E-state index is 0.00431. The number of nitrogens with one attached hydrogen (secondary N) is 1. The van der Waals surface area contributed by atoms with E-state index in [9.17, 15) is 22.8 Å². The number of aliphatic carboxylic acids is 1. The topological polar surface area (TPSA) is 66.4 Å². The van der Waals surface area contributed by atoms with Crippen LogP contribution in [0, 0.1) is 0 Å². The lowest BCUT2D eigenvalue weighted by molar-refractivity contribution is -0.140. The third-order valence-corrected chi connectivity index (χ3v) is 2.15. The van der Waals surface area contributed by atoms with Gasteiger partial charge in [0.2, 0.25) is 5.91 Å². The predicted octanol–water partition coefficient (Wildman–Crippen LogP) is 1.38. The number of carbonyl (C=O) groups is 2. The zero-order valence-corrected chi connectivity index (χ0v) is 9.06. The van der Waals surface area contributed by atoms with Gasteiger partial charge >= 0.3 is 12.1 Å². The molecule has 0 fully saturated rings. The molecule has 0 aliphatic heterocycles. The van der Waals surface area contributed by atoms with Crippen LogP contribution in [-0.2, 0) is 9.59 Å². The van der Waals surface area contributed by atoms with E-state index < -0.39 is 24.1 Å². The van der Waals surface area contributed by atoms with Crippen LogP contribution in [-0.4, -0.2) is 35.0 Å². The Kier molecular flexibility index (Phi) is 5.94. The summed E-state index contributed by atoms with van der Waals surface area (Å²) in [6.07, 6.45) is -4.41. The summed E-state index contributed by atoms with van der Waals surface area (Å²) in [5.74, 6) is -2.00. The number of alkyl halides is 3. The van der Waals surface area contributed by atoms with Gasteiger partial charge in [-0.05, 0) is 5.41 Å². The standard InChI is InChI=1S/C8H10F3NO3S/c1-5(13)12-6(7(14)15)4-16-3-2-8(9,10)11/h2-3,6H,4H2,1H3,(H,12,13)(H,14,15)/t6-/m0/s1. The second-order valence-corrected chi connectivity index (χ2v) is 3.71. The van der Waals surface area contributed by atoms with Gasteiger partial charge in [0, 0.05) is 18.8 Å². The Balaban J connectivity index is 4.09. The molecule has 0 unspecified atom stereocenters. The average Bonchev–Trinajstić information content (AvgIpc) is 2.07. The Hall–Kier alpha value is -1.18. The maximum atomic E-state index is 11.7. The normalized spacial score (nSPS) is 13.8. The Labute approximate surface area is 93.9 Å². The van der Waals surface area contributed by atoms with Gasteiger partial charge in [0.1, 0.15) is 6.04 Å². The van der Waals surface area contributed by atoms with Crippen LogP contribution in [0.15, 0.2) is 11.5 Å². The average molecular weight is 257 g/mol. The summed E-state index contributed by atoms with van der Waals surface area (Å²) >= 11 is 0.662. The molecule has 0 bridgehead atoms. The fraction of sp³-hybridized carbons (Fsp3) is 0.500. The summed E-state index contributed by atoms with van der Waals surface area (Å²) in [7, 11) is 0. The summed E-state index contributed by atoms with van der Waals surface area (Å²) in [6.45, 7) is 1.13. The Morgan fingerprint density at radius 3 is 2.44 bits per heavy atom. The van der Waals surface area contributed by atoms with Gasteiger partial charge in [-0.2, -0.15) is 13.2 Å². The van der Waals surface area contributed by atoms with Gasteiger partial charge in [0.15, 0.2) is 0 Å². The molecule has 1 amide bonds. The van der Waals surface area contributed by atoms with E-state index in [4.69, 9.17) is 5.11 Å². The molecule has 0 rings (SSSR count). The van der Waals surface area contributed by atoms with Crippen molar-refractivity contribution in [1.82, 2.24) is 5.32 Å². The Morgan fingerprint density at radius 1 is 1.50 bits per heavy atom. The van der Waals surface area contributed by atoms with Gasteiger partial charge in [-0.25, -0.2) is 4.79 Å². The minimum atomic E-state index is -4.42. The molecule has 0 aromatic heterocycles. The molecule has 0 aliphatic carbocycles. The maximum Gasteiger partial charge on any atom is 0.410 e. The molecular weight excluding hydrogens is 247 g/mol. The second kappa shape index (κ2) is 6.41. The summed E-state index contributed by atoms with van der Waals surface area (Å²) in [5.41, 5.74) is 0. The summed E-state index contributed by atoms with van der Waals surface area (Å²) in [4.78, 5) is 21.1. The first-order chi connectivity index (χ1) is 7.22. The van der Waals surface area contributed by atoms with Crippen molar-refractivity contribution < 1.29 is 27.9 Å². The zero-order valence-electron chi connectivity index (χ0n) is 8.25. The van der Waals surface area contributed by atoms with Gasteiger partial charge < -0.3 is 10.4 Å². The van der Waals surface area contributed by atoms with E-state index in [1.54, 1.807) is 0 Å². The van der Waals surface area contributed by atoms with Gasteiger partial charge in [0.05, 0.1) is 0 Å². The van der Waals surface area contributed by atoms with Crippen molar-refractivity contribution in [3.63, 3.8) is 0 Å². The number of hydrogen-bond acceptors (Lipinski definition) is 3. The first-order valence-corrected chi connectivity index (χ1v) is 5.13. The lowest BCUT2D eigenvalue weighted by Crippen LogP contribution is -2.41. The van der Waals surface area contributed by atoms with Crippen molar-refractivity contribution in [2.75, 3.05) is 5.75 Å². The van der Waals surface area contributed by atoms with Gasteiger partial charge in [-0.15, -0.1) is 11.8 Å². The summed E-state index contributed by atoms with van der Waals surface area (Å²) in [6, 6.07) is -1.19. The SMILES string of the molecule is CC(=O)N[C@@H](CSC=CC(F)(F)F)C(=O)O. The van der Waals surface area contributed by atoms with Crippen molar-refractivity contribution in [2.45, 2.75) is 19.1 Å². The molecule has 0 spiro atoms. The van der Waals surface area contributed by atoms with Crippen LogP contribution >= 0.6 is 11.8 Å². The fourth-order valence-corrected chi connectivity index (χ4v) is 1.48. The van der Waals surface area contributed by atoms with Crippen LogP contribution in [0.4, 0.5) is 13.2 Å². The van der Waals surface area contributed by atoms with Crippen molar-refractivity contribution in [1.29, 1.82) is 0 Å². The maximum absolute atomic E-state index is 11.7. The third-order valence-electron chi connectivity index (χ3n) is 1.29. The lowest BCUT2D eigenvalue weighted by atomic mass is 10.3. The van der Waals surface area contributed by atoms with E-state index in [0.29, 0.717) is 11.8 Å². The lowest BCUT2D eigenvalue weighted by Gasteiger charge is -2.11. The molecule has 4 nitrogen and oxygen atoms in total. The van der Waals surface area contributed by atoms with Gasteiger partial charge in [0.25, 0.3) is 0 Å². The minimum Gasteiger partial charge on any atom is -0.480 e. The Morgan fingerprint density at radius 2 is 2.06 bits per heavy atom. The first kappa shape index (κ1) is 14.8. The summed E-state index contributed by atoms with van der Waals surface area (Å²) < 4.78 is 35.0. The van der Waals surface area contributed by atoms with Crippen LogP contribution in [0.2, 0.25) is 0 Å². The molecule has 8 heteroatoms. The molecule has 92 valence electrons. The van der Waals surface area contributed by atoms with E-state index >= 15 is 0 Å². The highest BCUT2D eigenvalue weighted by Crippen LogP contribution is 2.18. The van der Waals surface area contributed by atoms with Crippen LogP contribution in [0.25, 0.3) is 0 Å². The van der Waals surface area contributed by atoms with Crippen molar-refractivity contribution >= 4 is 23.6 Å². The molecule has 0 saturated heterocycles. The van der Waals surface area contributed by atoms with Crippen molar-refractivity contribution in [3.8, 4) is 0 Å². The van der Waals surface area contributed by atoms with Crippen LogP contribution in [0.5, 0.6) is 0 Å². The van der Waals surface area contributed by atoms with Crippen LogP contribution in [0.3, 0.4) is 0 Å². The molecular formula is C8H10F3NO3S. The number of allylic oxidation sites excluding steroid dienone is 1. The largest absolute Gasteiger partial charge is 0.480 e. The van der Waals surface area contributed by atoms with E-state index in [1.807, 2.05) is 0 Å². The zero-order chi connectivity index (χ0) is 12.8. The first-order valence-electron chi connectivity index (χ1n) is 4.08. The number of carboxylic acid groups (broad SMARTS) is 1. The molecule has 0 aliphatic rings. The van der Waals surface area contributed by atoms with E-state index in [1.165, 1.54) is 0 Å². The highest BCUT2D eigenvalue weighted by Gasteiger charge is 2.22. The number of amides is 1. The van der Waals surface area contributed by atoms with Crippen LogP contribution in [0.1, 0.15) is 6.92 Å². The molecule has 1 atom stereocenters. The number of carbonyl (C=O) groups excluding carboxylic acids is 1. The van der Waals surface area contributed by atoms with Crippen LogP contribution < -0.4 is 5.32 Å². The molecule has 2 N–H and O–H groups in total. The molecule has 0 aromatic carbocycles. The molecule has 0 radical (unpaired) electrons. The number of carboxylic acids is 1. The smallest absolute Gasteiger partial charge is 0.410 e. The number of rotatable bonds is 5. The second-order valence-electron chi connectivity index (χ2n) is 2.77. The summed E-state index contributed by atoms with van der Waals surface area (Å²) in [5, 5.41) is 11.5. The molecule has 0 aromatic rings. The third kappa shape index (κ3) is 8.16. The monoisotopic (exact) mass is 257 g/mol. The molecule has 0 saturated carbocycles. The van der Waals surface area contributed by atoms with Gasteiger partial charge in [-0.3, -0.25) is 4.79 Å². The van der Waals surface area contributed by atoms with Crippen molar-refractivity contribution in [2.24, 2.45) is 0 Å². The van der Waals surface area contributed by atoms with Gasteiger partial charge in [-0.1, -0.05) is 0 Å². The number of halogens is 3. The molecule has 16 heavy (non-hydrogen) atoms.